The Balaban J connectivity index is 1.73. The average Bonchev–Trinajstić information content (AvgIpc) is 3.43. The van der Waals surface area contributed by atoms with Crippen molar-refractivity contribution >= 4 is 22.8 Å². The van der Waals surface area contributed by atoms with Crippen LogP contribution in [-0.4, -0.2) is 75.3 Å². The summed E-state index contributed by atoms with van der Waals surface area (Å²) in [4.78, 5) is 21.4. The molecule has 1 N–H and O–H groups in total. The number of hydrogen-bond donors (Lipinski definition) is 1. The van der Waals surface area contributed by atoms with Gasteiger partial charge in [-0.3, -0.25) is 9.58 Å². The Morgan fingerprint density at radius 3 is 2.88 bits per heavy atom. The number of fused-ring (bicyclic) bond motifs is 3. The Bertz CT molecular complexity index is 1060. The van der Waals surface area contributed by atoms with Gasteiger partial charge in [-0.2, -0.15) is 5.10 Å². The summed E-state index contributed by atoms with van der Waals surface area (Å²) in [5, 5.41) is 13.6. The van der Waals surface area contributed by atoms with Crippen molar-refractivity contribution < 1.29 is 14.6 Å². The number of ether oxygens (including phenoxy) is 1. The molecule has 9 nitrogen and oxygen atoms in total. The zero-order chi connectivity index (χ0) is 22.7. The number of hydrogen-bond acceptors (Lipinski definition) is 6. The lowest BCUT2D eigenvalue weighted by atomic mass is 9.96. The number of likely N-dealkylation sites (N-methyl/N-ethyl adjacent to an activating group) is 1. The minimum Gasteiger partial charge on any atom is -0.452 e. The van der Waals surface area contributed by atoms with E-state index in [1.807, 2.05) is 30.1 Å². The third-order valence-corrected chi connectivity index (χ3v) is 6.27. The number of aliphatic hydroxyl groups is 1. The van der Waals surface area contributed by atoms with Crippen molar-refractivity contribution in [2.24, 2.45) is 0 Å². The van der Waals surface area contributed by atoms with E-state index >= 15 is 0 Å². The molecule has 0 saturated carbocycles. The van der Waals surface area contributed by atoms with Gasteiger partial charge in [-0.25, -0.2) is 9.78 Å². The van der Waals surface area contributed by atoms with E-state index in [1.54, 1.807) is 11.1 Å². The Morgan fingerprint density at radius 1 is 1.31 bits per heavy atom. The Hall–Kier alpha value is -2.91. The van der Waals surface area contributed by atoms with E-state index in [9.17, 15) is 9.90 Å². The molecule has 3 heterocycles. The first-order valence-corrected chi connectivity index (χ1v) is 11.2. The smallest absolute Gasteiger partial charge is 0.414 e. The lowest BCUT2D eigenvalue weighted by Gasteiger charge is -2.34. The van der Waals surface area contributed by atoms with E-state index in [2.05, 4.69) is 27.6 Å². The van der Waals surface area contributed by atoms with Gasteiger partial charge in [0.05, 0.1) is 30.4 Å². The number of imidazole rings is 1. The van der Waals surface area contributed by atoms with Gasteiger partial charge in [-0.1, -0.05) is 0 Å². The highest BCUT2D eigenvalue weighted by atomic mass is 16.5. The average molecular weight is 441 g/mol. The highest BCUT2D eigenvalue weighted by Gasteiger charge is 2.31. The number of amides is 1. The van der Waals surface area contributed by atoms with E-state index in [4.69, 9.17) is 9.72 Å². The molecule has 9 heteroatoms. The molecule has 172 valence electrons. The lowest BCUT2D eigenvalue weighted by molar-refractivity contribution is 0.175. The maximum Gasteiger partial charge on any atom is 0.414 e. The van der Waals surface area contributed by atoms with Gasteiger partial charge in [0.2, 0.25) is 0 Å². The van der Waals surface area contributed by atoms with Crippen LogP contribution in [0.25, 0.3) is 11.0 Å². The first kappa shape index (κ1) is 22.3. The minimum absolute atomic E-state index is 0.0842. The van der Waals surface area contributed by atoms with Crippen LogP contribution in [-0.2, 0) is 30.7 Å². The van der Waals surface area contributed by atoms with E-state index in [-0.39, 0.29) is 18.7 Å². The van der Waals surface area contributed by atoms with Crippen LogP contribution >= 0.6 is 0 Å². The van der Waals surface area contributed by atoms with Gasteiger partial charge in [0, 0.05) is 56.6 Å². The Morgan fingerprint density at radius 2 is 2.16 bits per heavy atom. The second kappa shape index (κ2) is 9.70. The van der Waals surface area contributed by atoms with Crippen LogP contribution < -0.4 is 4.90 Å². The molecular weight excluding hydrogens is 408 g/mol. The van der Waals surface area contributed by atoms with E-state index in [0.717, 1.165) is 67.0 Å². The number of benzene rings is 1. The molecular formula is C23H32N6O3. The summed E-state index contributed by atoms with van der Waals surface area (Å²) in [6.07, 6.45) is 5.91. The van der Waals surface area contributed by atoms with Gasteiger partial charge < -0.3 is 19.3 Å². The van der Waals surface area contributed by atoms with E-state index in [1.165, 1.54) is 7.11 Å². The molecule has 0 radical (unpaired) electrons. The van der Waals surface area contributed by atoms with Crippen LogP contribution in [0.1, 0.15) is 24.7 Å². The highest BCUT2D eigenvalue weighted by molar-refractivity contribution is 5.95. The molecule has 1 amide bonds. The standard InChI is InChI=1S/C23H32N6O3/c1-17-5-6-18-19(29(17)23(31)32-3)7-8-20-22(18)25-21(9-12-27-11-4-10-24-27)28(20)14-13-26(2)15-16-30/h4,7-8,10-11,17,30H,5-6,9,12-16H2,1-3H3/t17-/m0/s1. The molecule has 0 fully saturated rings. The van der Waals surface area contributed by atoms with Crippen molar-refractivity contribution in [3.8, 4) is 0 Å². The number of nitrogens with zero attached hydrogens (tertiary/aromatic N) is 6. The first-order valence-electron chi connectivity index (χ1n) is 11.2. The molecule has 1 aromatic carbocycles. The van der Waals surface area contributed by atoms with Crippen molar-refractivity contribution in [1.82, 2.24) is 24.2 Å². The van der Waals surface area contributed by atoms with E-state index < -0.39 is 0 Å². The summed E-state index contributed by atoms with van der Waals surface area (Å²) in [7, 11) is 3.43. The van der Waals surface area contributed by atoms with Gasteiger partial charge in [-0.15, -0.1) is 0 Å². The molecule has 0 saturated heterocycles. The van der Waals surface area contributed by atoms with Crippen molar-refractivity contribution in [2.75, 3.05) is 38.8 Å². The number of anilines is 1. The number of methoxy groups -OCH3 is 1. The molecule has 1 aliphatic rings. The normalized spacial score (nSPS) is 16.0. The van der Waals surface area contributed by atoms with Gasteiger partial charge in [0.25, 0.3) is 0 Å². The van der Waals surface area contributed by atoms with Crippen molar-refractivity contribution in [1.29, 1.82) is 0 Å². The highest BCUT2D eigenvalue weighted by Crippen LogP contribution is 2.36. The molecule has 32 heavy (non-hydrogen) atoms. The van der Waals surface area contributed by atoms with Crippen LogP contribution in [0.3, 0.4) is 0 Å². The van der Waals surface area contributed by atoms with Gasteiger partial charge in [-0.05, 0) is 45.0 Å². The third-order valence-electron chi connectivity index (χ3n) is 6.27. The third kappa shape index (κ3) is 4.35. The summed E-state index contributed by atoms with van der Waals surface area (Å²) >= 11 is 0. The zero-order valence-electron chi connectivity index (χ0n) is 19.1. The predicted molar refractivity (Wildman–Crippen MR) is 123 cm³/mol. The largest absolute Gasteiger partial charge is 0.452 e. The Labute approximate surface area is 188 Å². The summed E-state index contributed by atoms with van der Waals surface area (Å²) in [6, 6.07) is 6.10. The molecule has 0 spiro atoms. The number of aliphatic hydroxyl groups excluding tert-OH is 1. The summed E-state index contributed by atoms with van der Waals surface area (Å²) in [6.45, 7) is 5.16. The van der Waals surface area contributed by atoms with Crippen molar-refractivity contribution in [3.63, 3.8) is 0 Å². The lowest BCUT2D eigenvalue weighted by Crippen LogP contribution is -2.42. The fourth-order valence-corrected chi connectivity index (χ4v) is 4.49. The van der Waals surface area contributed by atoms with Gasteiger partial charge in [0.15, 0.2) is 0 Å². The number of carbonyl (C=O) groups is 1. The van der Waals surface area contributed by atoms with Crippen LogP contribution in [0.5, 0.6) is 0 Å². The quantitative estimate of drug-likeness (QED) is 0.578. The Kier molecular flexibility index (Phi) is 6.76. The summed E-state index contributed by atoms with van der Waals surface area (Å²) in [5.41, 5.74) is 4.04. The molecule has 1 atom stereocenters. The number of carbonyl (C=O) groups excluding carboxylic acids is 1. The molecule has 0 unspecified atom stereocenters. The second-order valence-electron chi connectivity index (χ2n) is 8.38. The minimum atomic E-state index is -0.332. The summed E-state index contributed by atoms with van der Waals surface area (Å²) < 4.78 is 9.24. The molecule has 0 bridgehead atoms. The second-order valence-corrected chi connectivity index (χ2v) is 8.38. The first-order chi connectivity index (χ1) is 15.5. The van der Waals surface area contributed by atoms with Crippen LogP contribution in [0.2, 0.25) is 0 Å². The number of aromatic nitrogens is 4. The maximum atomic E-state index is 12.5. The molecule has 2 aromatic heterocycles. The zero-order valence-corrected chi connectivity index (χ0v) is 19.1. The topological polar surface area (TPSA) is 88.7 Å². The fourth-order valence-electron chi connectivity index (χ4n) is 4.49. The fraction of sp³-hybridized carbons (Fsp3) is 0.522. The molecule has 0 aliphatic carbocycles. The van der Waals surface area contributed by atoms with Gasteiger partial charge in [0.1, 0.15) is 5.82 Å². The monoisotopic (exact) mass is 440 g/mol. The molecule has 3 aromatic rings. The molecule has 1 aliphatic heterocycles. The van der Waals surface area contributed by atoms with Crippen LogP contribution in [0.15, 0.2) is 30.6 Å². The SMILES string of the molecule is COC(=O)N1c2ccc3c(nc(CCn4cccn4)n3CCN(C)CCO)c2CC[C@@H]1C. The summed E-state index contributed by atoms with van der Waals surface area (Å²) in [5.74, 6) is 1.00. The predicted octanol–water partition coefficient (Wildman–Crippen LogP) is 2.31. The number of aryl methyl sites for hydroxylation is 3. The van der Waals surface area contributed by atoms with Gasteiger partial charge >= 0.3 is 6.09 Å². The maximum absolute atomic E-state index is 12.5. The van der Waals surface area contributed by atoms with Crippen LogP contribution in [0, 0.1) is 0 Å². The van der Waals surface area contributed by atoms with Crippen LogP contribution in [0.4, 0.5) is 10.5 Å². The van der Waals surface area contributed by atoms with Crippen molar-refractivity contribution in [2.45, 2.75) is 45.3 Å². The molecule has 4 rings (SSSR count). The van der Waals surface area contributed by atoms with Crippen molar-refractivity contribution in [3.05, 3.63) is 42.0 Å². The number of rotatable bonds is 8. The van der Waals surface area contributed by atoms with E-state index in [0.29, 0.717) is 6.54 Å².